The van der Waals surface area contributed by atoms with Crippen LogP contribution in [0.15, 0.2) is 200 Å². The average Bonchev–Trinajstić information content (AvgIpc) is 3.80. The third-order valence-electron chi connectivity index (χ3n) is 11.3. The molecule has 11 aromatic rings. The molecule has 57 heavy (non-hydrogen) atoms. The lowest BCUT2D eigenvalue weighted by atomic mass is 9.93. The number of nitrogens with zero attached hydrogens (tertiary/aromatic N) is 4. The Hall–Kier alpha value is -7.56. The van der Waals surface area contributed by atoms with Crippen molar-refractivity contribution in [2.45, 2.75) is 6.92 Å². The zero-order valence-electron chi connectivity index (χ0n) is 31.3. The van der Waals surface area contributed by atoms with Crippen molar-refractivity contribution in [2.24, 2.45) is 0 Å². The number of para-hydroxylation sites is 2. The number of benzene rings is 7. The molecule has 4 heterocycles. The molecule has 268 valence electrons. The summed E-state index contributed by atoms with van der Waals surface area (Å²) >= 11 is 0. The van der Waals surface area contributed by atoms with E-state index in [0.717, 1.165) is 61.3 Å². The quantitative estimate of drug-likeness (QED) is 0.171. The number of aromatic nitrogens is 4. The van der Waals surface area contributed by atoms with E-state index in [1.54, 1.807) is 0 Å². The maximum Gasteiger partial charge on any atom is 0.0963 e. The van der Waals surface area contributed by atoms with Crippen LogP contribution in [0.3, 0.4) is 0 Å². The molecule has 0 aliphatic rings. The van der Waals surface area contributed by atoms with Gasteiger partial charge in [0.2, 0.25) is 0 Å². The Bertz CT molecular complexity index is 3300. The topological polar surface area (TPSA) is 35.6 Å². The summed E-state index contributed by atoms with van der Waals surface area (Å²) < 4.78 is 4.74. The lowest BCUT2D eigenvalue weighted by Crippen LogP contribution is -1.95. The Labute approximate surface area is 330 Å². The van der Waals surface area contributed by atoms with E-state index in [1.165, 1.54) is 44.1 Å². The van der Waals surface area contributed by atoms with Crippen LogP contribution < -0.4 is 0 Å². The summed E-state index contributed by atoms with van der Waals surface area (Å²) in [6.45, 7) is 2.18. The molecule has 0 unspecified atom stereocenters. The van der Waals surface area contributed by atoms with E-state index in [2.05, 4.69) is 192 Å². The van der Waals surface area contributed by atoms with Crippen molar-refractivity contribution < 1.29 is 0 Å². The first-order valence-electron chi connectivity index (χ1n) is 19.4. The zero-order valence-corrected chi connectivity index (χ0v) is 31.3. The van der Waals surface area contributed by atoms with E-state index in [0.29, 0.717) is 0 Å². The van der Waals surface area contributed by atoms with Gasteiger partial charge in [-0.25, -0.2) is 0 Å². The minimum atomic E-state index is 0.957. The summed E-state index contributed by atoms with van der Waals surface area (Å²) in [5.41, 5.74) is 18.2. The van der Waals surface area contributed by atoms with Gasteiger partial charge in [0, 0.05) is 45.5 Å². The normalized spacial score (nSPS) is 11.6. The molecule has 0 spiro atoms. The van der Waals surface area contributed by atoms with Crippen molar-refractivity contribution in [1.29, 1.82) is 0 Å². The van der Waals surface area contributed by atoms with E-state index >= 15 is 0 Å². The van der Waals surface area contributed by atoms with Crippen LogP contribution in [-0.2, 0) is 0 Å². The van der Waals surface area contributed by atoms with Crippen molar-refractivity contribution >= 4 is 43.7 Å². The van der Waals surface area contributed by atoms with Crippen molar-refractivity contribution in [1.82, 2.24) is 19.1 Å². The number of rotatable bonds is 6. The second-order valence-corrected chi connectivity index (χ2v) is 14.7. The van der Waals surface area contributed by atoms with E-state index in [1.807, 2.05) is 24.5 Å². The Balaban J connectivity index is 1.09. The maximum atomic E-state index is 4.90. The highest BCUT2D eigenvalue weighted by molar-refractivity contribution is 6.17. The summed E-state index contributed by atoms with van der Waals surface area (Å²) in [7, 11) is 0. The first kappa shape index (κ1) is 32.8. The highest BCUT2D eigenvalue weighted by Gasteiger charge is 2.19. The summed E-state index contributed by atoms with van der Waals surface area (Å²) in [5.74, 6) is 0. The van der Waals surface area contributed by atoms with Gasteiger partial charge in [0.1, 0.15) is 0 Å². The zero-order chi connectivity index (χ0) is 37.9. The van der Waals surface area contributed by atoms with Crippen LogP contribution >= 0.6 is 0 Å². The monoisotopic (exact) mass is 728 g/mol. The van der Waals surface area contributed by atoms with Gasteiger partial charge in [-0.2, -0.15) is 0 Å². The molecule has 11 rings (SSSR count). The summed E-state index contributed by atoms with van der Waals surface area (Å²) in [4.78, 5) is 9.64. The molecule has 4 aromatic heterocycles. The first-order valence-corrected chi connectivity index (χ1v) is 19.4. The second kappa shape index (κ2) is 13.3. The molecule has 0 radical (unpaired) electrons. The summed E-state index contributed by atoms with van der Waals surface area (Å²) in [5, 5.41) is 3.59. The summed E-state index contributed by atoms with van der Waals surface area (Å²) in [6, 6.07) is 67.6. The van der Waals surface area contributed by atoms with Gasteiger partial charge >= 0.3 is 0 Å². The average molecular weight is 729 g/mol. The smallest absolute Gasteiger partial charge is 0.0963 e. The van der Waals surface area contributed by atoms with Gasteiger partial charge in [0.15, 0.2) is 0 Å². The van der Waals surface area contributed by atoms with Crippen LogP contribution in [0.4, 0.5) is 0 Å². The van der Waals surface area contributed by atoms with Crippen molar-refractivity contribution in [2.75, 3.05) is 0 Å². The molecule has 0 atom stereocenters. The SMILES string of the molecule is Cc1ccccc1-c1cc(-c2cccc(-n3c4ccccc4c4c(-c5ccc6c(c5)c5ncccc5n6-c5ccccc5)cccc43)c2)cc(-c2ccccn2)c1. The predicted octanol–water partition coefficient (Wildman–Crippen LogP) is 13.6. The van der Waals surface area contributed by atoms with E-state index in [9.17, 15) is 0 Å². The Morgan fingerprint density at radius 2 is 1.05 bits per heavy atom. The molecule has 0 bridgehead atoms. The van der Waals surface area contributed by atoms with Gasteiger partial charge in [-0.05, 0) is 137 Å². The highest BCUT2D eigenvalue weighted by Crippen LogP contribution is 2.42. The first-order chi connectivity index (χ1) is 28.2. The van der Waals surface area contributed by atoms with Crippen molar-refractivity contribution in [3.8, 4) is 56.0 Å². The fourth-order valence-electron chi connectivity index (χ4n) is 8.75. The molecular formula is C53H36N4. The predicted molar refractivity (Wildman–Crippen MR) is 237 cm³/mol. The van der Waals surface area contributed by atoms with Crippen molar-refractivity contribution in [3.63, 3.8) is 0 Å². The molecule has 0 aliphatic carbocycles. The highest BCUT2D eigenvalue weighted by atomic mass is 15.0. The van der Waals surface area contributed by atoms with Gasteiger partial charge in [-0.1, -0.05) is 97.1 Å². The lowest BCUT2D eigenvalue weighted by molar-refractivity contribution is 1.18. The van der Waals surface area contributed by atoms with Gasteiger partial charge in [0.25, 0.3) is 0 Å². The molecule has 0 saturated carbocycles. The van der Waals surface area contributed by atoms with E-state index in [4.69, 9.17) is 9.97 Å². The molecule has 4 heteroatoms. The molecule has 0 fully saturated rings. The van der Waals surface area contributed by atoms with E-state index in [-0.39, 0.29) is 0 Å². The van der Waals surface area contributed by atoms with Gasteiger partial charge in [0.05, 0.1) is 33.3 Å². The van der Waals surface area contributed by atoms with E-state index < -0.39 is 0 Å². The van der Waals surface area contributed by atoms with Gasteiger partial charge < -0.3 is 9.13 Å². The number of hydrogen-bond acceptors (Lipinski definition) is 2. The van der Waals surface area contributed by atoms with Gasteiger partial charge in [-0.15, -0.1) is 0 Å². The third kappa shape index (κ3) is 5.45. The molecule has 0 aliphatic heterocycles. The number of pyridine rings is 2. The molecule has 0 N–H and O–H groups in total. The minimum Gasteiger partial charge on any atom is -0.309 e. The van der Waals surface area contributed by atoms with Crippen LogP contribution in [0.5, 0.6) is 0 Å². The fraction of sp³-hybridized carbons (Fsp3) is 0.0189. The van der Waals surface area contributed by atoms with Gasteiger partial charge in [-0.3, -0.25) is 9.97 Å². The second-order valence-electron chi connectivity index (χ2n) is 14.7. The Kier molecular flexibility index (Phi) is 7.68. The Morgan fingerprint density at radius 1 is 0.368 bits per heavy atom. The van der Waals surface area contributed by atoms with Crippen molar-refractivity contribution in [3.05, 3.63) is 206 Å². The maximum absolute atomic E-state index is 4.90. The summed E-state index contributed by atoms with van der Waals surface area (Å²) in [6.07, 6.45) is 3.76. The molecule has 0 saturated heterocycles. The van der Waals surface area contributed by atoms with Crippen LogP contribution in [0.2, 0.25) is 0 Å². The van der Waals surface area contributed by atoms with Crippen LogP contribution in [-0.4, -0.2) is 19.1 Å². The van der Waals surface area contributed by atoms with Crippen LogP contribution in [0, 0.1) is 6.92 Å². The molecule has 4 nitrogen and oxygen atoms in total. The number of fused-ring (bicyclic) bond motifs is 6. The molecular weight excluding hydrogens is 693 g/mol. The fourth-order valence-corrected chi connectivity index (χ4v) is 8.75. The molecule has 7 aromatic carbocycles. The van der Waals surface area contributed by atoms with Crippen LogP contribution in [0.1, 0.15) is 5.56 Å². The lowest BCUT2D eigenvalue weighted by Gasteiger charge is -2.14. The third-order valence-corrected chi connectivity index (χ3v) is 11.3. The molecule has 0 amide bonds. The standard InChI is InChI=1S/C53H36N4/c1-35-14-5-6-19-43(35)39-30-38(31-40(32-39)47-22-9-10-28-54-47)36-15-11-18-42(33-36)57-48-23-8-7-20-45(48)52-44(21-12-24-50(52)57)37-26-27-49-46(34-37)53-51(25-13-29-55-53)56(49)41-16-3-2-4-17-41/h2-34H,1H3. The van der Waals surface area contributed by atoms with Crippen LogP contribution in [0.25, 0.3) is 99.8 Å². The number of hydrogen-bond donors (Lipinski definition) is 0. The largest absolute Gasteiger partial charge is 0.309 e. The Morgan fingerprint density at radius 3 is 1.95 bits per heavy atom. The minimum absolute atomic E-state index is 0.957. The number of aryl methyl sites for hydroxylation is 1.